The summed E-state index contributed by atoms with van der Waals surface area (Å²) < 4.78 is 31.3. The molecule has 1 fully saturated rings. The molecule has 0 unspecified atom stereocenters. The molecule has 0 aliphatic carbocycles. The van der Waals surface area contributed by atoms with Crippen LogP contribution in [0.2, 0.25) is 0 Å². The minimum atomic E-state index is -3.46. The van der Waals surface area contributed by atoms with E-state index >= 15 is 0 Å². The number of rotatable bonds is 10. The minimum absolute atomic E-state index is 0.129. The van der Waals surface area contributed by atoms with E-state index in [2.05, 4.69) is 10.2 Å². The van der Waals surface area contributed by atoms with Crippen molar-refractivity contribution in [1.29, 1.82) is 0 Å². The van der Waals surface area contributed by atoms with Gasteiger partial charge in [0.1, 0.15) is 5.75 Å². The molecule has 32 heavy (non-hydrogen) atoms. The Morgan fingerprint density at radius 2 is 1.69 bits per heavy atom. The van der Waals surface area contributed by atoms with E-state index in [1.807, 2.05) is 31.2 Å². The van der Waals surface area contributed by atoms with Crippen molar-refractivity contribution in [3.05, 3.63) is 48.5 Å². The van der Waals surface area contributed by atoms with Gasteiger partial charge < -0.3 is 15.0 Å². The highest BCUT2D eigenvalue weighted by atomic mass is 32.2. The smallest absolute Gasteiger partial charge is 0.232 e. The molecular weight excluding hydrogens is 426 g/mol. The van der Waals surface area contributed by atoms with Crippen LogP contribution in [0, 0.1) is 0 Å². The van der Waals surface area contributed by atoms with Crippen LogP contribution in [0.1, 0.15) is 39.0 Å². The lowest BCUT2D eigenvalue weighted by atomic mass is 10.1. The van der Waals surface area contributed by atoms with E-state index in [4.69, 9.17) is 4.74 Å². The average molecular weight is 460 g/mol. The molecule has 1 amide bonds. The molecule has 0 atom stereocenters. The molecule has 1 aliphatic rings. The van der Waals surface area contributed by atoms with Crippen LogP contribution in [0.3, 0.4) is 0 Å². The van der Waals surface area contributed by atoms with Crippen LogP contribution in [0.25, 0.3) is 0 Å². The lowest BCUT2D eigenvalue weighted by Crippen LogP contribution is -2.31. The van der Waals surface area contributed by atoms with Crippen molar-refractivity contribution in [3.63, 3.8) is 0 Å². The largest absolute Gasteiger partial charge is 0.494 e. The molecule has 174 valence electrons. The Morgan fingerprint density at radius 1 is 1.03 bits per heavy atom. The lowest BCUT2D eigenvalue weighted by Gasteiger charge is -2.28. The number of piperidine rings is 1. The zero-order valence-electron chi connectivity index (χ0n) is 18.9. The van der Waals surface area contributed by atoms with Crippen molar-refractivity contribution in [1.82, 2.24) is 0 Å². The average Bonchev–Trinajstić information content (AvgIpc) is 2.78. The Kier molecular flexibility index (Phi) is 8.39. The molecule has 0 bridgehead atoms. The van der Waals surface area contributed by atoms with E-state index in [-0.39, 0.29) is 18.9 Å². The fourth-order valence-corrected chi connectivity index (χ4v) is 4.84. The van der Waals surface area contributed by atoms with Gasteiger partial charge in [0.05, 0.1) is 18.6 Å². The van der Waals surface area contributed by atoms with E-state index < -0.39 is 10.0 Å². The second kappa shape index (κ2) is 11.2. The van der Waals surface area contributed by atoms with E-state index in [0.29, 0.717) is 24.5 Å². The third kappa shape index (κ3) is 6.88. The van der Waals surface area contributed by atoms with Crippen molar-refractivity contribution in [2.75, 3.05) is 47.0 Å². The van der Waals surface area contributed by atoms with Gasteiger partial charge in [-0.25, -0.2) is 8.42 Å². The van der Waals surface area contributed by atoms with Gasteiger partial charge in [-0.05, 0) is 81.1 Å². The first-order valence-electron chi connectivity index (χ1n) is 11.2. The second-order valence-corrected chi connectivity index (χ2v) is 9.92. The quantitative estimate of drug-likeness (QED) is 0.574. The Bertz CT molecular complexity index is 969. The van der Waals surface area contributed by atoms with Gasteiger partial charge in [0.15, 0.2) is 0 Å². The summed E-state index contributed by atoms with van der Waals surface area (Å²) in [6, 6.07) is 14.9. The molecule has 0 radical (unpaired) electrons. The van der Waals surface area contributed by atoms with Gasteiger partial charge in [-0.1, -0.05) is 0 Å². The van der Waals surface area contributed by atoms with E-state index in [0.717, 1.165) is 18.8 Å². The monoisotopic (exact) mass is 459 g/mol. The highest BCUT2D eigenvalue weighted by Crippen LogP contribution is 2.23. The number of carbonyl (C=O) groups excluding carboxylic acids is 1. The molecular formula is C24H33N3O4S. The van der Waals surface area contributed by atoms with Crippen molar-refractivity contribution < 1.29 is 17.9 Å². The molecule has 1 saturated heterocycles. The molecule has 0 saturated carbocycles. The number of nitrogens with one attached hydrogen (secondary N) is 1. The van der Waals surface area contributed by atoms with Crippen molar-refractivity contribution in [2.45, 2.75) is 39.0 Å². The highest BCUT2D eigenvalue weighted by molar-refractivity contribution is 7.92. The van der Waals surface area contributed by atoms with Gasteiger partial charge >= 0.3 is 0 Å². The van der Waals surface area contributed by atoms with Gasteiger partial charge in [-0.3, -0.25) is 9.10 Å². The van der Waals surface area contributed by atoms with Gasteiger partial charge in [0.2, 0.25) is 15.9 Å². The maximum atomic E-state index is 12.4. The summed E-state index contributed by atoms with van der Waals surface area (Å²) in [5.74, 6) is 0.561. The number of sulfonamides is 1. The molecule has 0 spiro atoms. The maximum absolute atomic E-state index is 12.4. The van der Waals surface area contributed by atoms with E-state index in [9.17, 15) is 13.2 Å². The maximum Gasteiger partial charge on any atom is 0.232 e. The van der Waals surface area contributed by atoms with E-state index in [1.54, 1.807) is 24.3 Å². The van der Waals surface area contributed by atoms with Crippen LogP contribution in [-0.2, 0) is 14.8 Å². The summed E-state index contributed by atoms with van der Waals surface area (Å²) in [4.78, 5) is 14.7. The molecule has 8 heteroatoms. The second-order valence-electron chi connectivity index (χ2n) is 8.01. The third-order valence-electron chi connectivity index (χ3n) is 5.47. The summed E-state index contributed by atoms with van der Waals surface area (Å²) in [7, 11) is -3.46. The summed E-state index contributed by atoms with van der Waals surface area (Å²) in [5, 5.41) is 2.90. The molecule has 0 aromatic heterocycles. The fourth-order valence-electron chi connectivity index (χ4n) is 3.88. The molecule has 3 rings (SSSR count). The minimum Gasteiger partial charge on any atom is -0.494 e. The van der Waals surface area contributed by atoms with Gasteiger partial charge in [-0.2, -0.15) is 0 Å². The summed E-state index contributed by atoms with van der Waals surface area (Å²) in [6.45, 7) is 4.83. The summed E-state index contributed by atoms with van der Waals surface area (Å²) in [6.07, 6.45) is 5.56. The molecule has 1 aliphatic heterocycles. The SMILES string of the molecule is CCOc1ccc(N(CCCC(=O)Nc2ccc(N3CCCCC3)cc2)S(C)(=O)=O)cc1. The summed E-state index contributed by atoms with van der Waals surface area (Å²) in [5.41, 5.74) is 2.49. The highest BCUT2D eigenvalue weighted by Gasteiger charge is 2.18. The van der Waals surface area contributed by atoms with Crippen LogP contribution >= 0.6 is 0 Å². The number of carbonyl (C=O) groups is 1. The van der Waals surface area contributed by atoms with Crippen molar-refractivity contribution in [2.24, 2.45) is 0 Å². The first kappa shape index (κ1) is 23.9. The molecule has 2 aromatic rings. The fraction of sp³-hybridized carbons (Fsp3) is 0.458. The Labute approximate surface area is 191 Å². The Hall–Kier alpha value is -2.74. The predicted molar refractivity (Wildman–Crippen MR) is 130 cm³/mol. The van der Waals surface area contributed by atoms with Crippen molar-refractivity contribution >= 4 is 33.0 Å². The van der Waals surface area contributed by atoms with Gasteiger partial charge in [0, 0.05) is 37.4 Å². The zero-order chi connectivity index (χ0) is 23.0. The zero-order valence-corrected chi connectivity index (χ0v) is 19.7. The standard InChI is InChI=1S/C24H33N3O4S/c1-3-31-23-15-13-22(14-16-23)27(32(2,29)30)19-7-8-24(28)25-20-9-11-21(12-10-20)26-17-5-4-6-18-26/h9-16H,3-8,17-19H2,1-2H3,(H,25,28). The molecule has 1 heterocycles. The van der Waals surface area contributed by atoms with Crippen LogP contribution in [0.5, 0.6) is 5.75 Å². The van der Waals surface area contributed by atoms with Crippen LogP contribution < -0.4 is 19.3 Å². The Balaban J connectivity index is 1.51. The van der Waals surface area contributed by atoms with Gasteiger partial charge in [-0.15, -0.1) is 0 Å². The molecule has 2 aromatic carbocycles. The number of hydrogen-bond acceptors (Lipinski definition) is 5. The van der Waals surface area contributed by atoms with Crippen LogP contribution in [0.4, 0.5) is 17.1 Å². The number of nitrogens with zero attached hydrogens (tertiary/aromatic N) is 2. The first-order valence-corrected chi connectivity index (χ1v) is 13.1. The number of hydrogen-bond donors (Lipinski definition) is 1. The topological polar surface area (TPSA) is 79.0 Å². The normalized spacial score (nSPS) is 14.1. The third-order valence-corrected chi connectivity index (χ3v) is 6.67. The first-order chi connectivity index (χ1) is 15.4. The molecule has 1 N–H and O–H groups in total. The van der Waals surface area contributed by atoms with Gasteiger partial charge in [0.25, 0.3) is 0 Å². The lowest BCUT2D eigenvalue weighted by molar-refractivity contribution is -0.116. The summed E-state index contributed by atoms with van der Waals surface area (Å²) >= 11 is 0. The number of anilines is 3. The number of benzene rings is 2. The van der Waals surface area contributed by atoms with Crippen molar-refractivity contribution in [3.8, 4) is 5.75 Å². The van der Waals surface area contributed by atoms with E-state index in [1.165, 1.54) is 35.5 Å². The molecule has 7 nitrogen and oxygen atoms in total. The van der Waals surface area contributed by atoms with Crippen LogP contribution in [0.15, 0.2) is 48.5 Å². The number of ether oxygens (including phenoxy) is 1. The number of amides is 1. The Morgan fingerprint density at radius 3 is 2.28 bits per heavy atom. The van der Waals surface area contributed by atoms with Crippen LogP contribution in [-0.4, -0.2) is 46.8 Å². The predicted octanol–water partition coefficient (Wildman–Crippen LogP) is 4.26.